The molecular formula is C19H31O6PS. The van der Waals surface area contributed by atoms with Crippen LogP contribution in [0.2, 0.25) is 0 Å². The third-order valence-electron chi connectivity index (χ3n) is 5.97. The number of phosphoric ester groups is 1. The summed E-state index contributed by atoms with van der Waals surface area (Å²) in [5, 5.41) is -0.536. The Morgan fingerprint density at radius 1 is 1.07 bits per heavy atom. The van der Waals surface area contributed by atoms with Crippen LogP contribution in [0.1, 0.15) is 59.3 Å². The lowest BCUT2D eigenvalue weighted by atomic mass is 9.65. The Kier molecular flexibility index (Phi) is 6.99. The Morgan fingerprint density at radius 3 is 2.37 bits per heavy atom. The summed E-state index contributed by atoms with van der Waals surface area (Å²) in [4.78, 5) is 12.9. The maximum absolute atomic E-state index is 13.1. The molecule has 0 aliphatic heterocycles. The average molecular weight is 418 g/mol. The highest BCUT2D eigenvalue weighted by Gasteiger charge is 2.53. The van der Waals surface area contributed by atoms with Crippen LogP contribution in [0, 0.1) is 17.8 Å². The Bertz CT molecular complexity index is 665. The summed E-state index contributed by atoms with van der Waals surface area (Å²) in [5.74, 6) is 1.26. The van der Waals surface area contributed by atoms with Gasteiger partial charge in [-0.2, -0.15) is 0 Å². The largest absolute Gasteiger partial charge is 0.529 e. The molecule has 8 heteroatoms. The molecule has 2 saturated carbocycles. The molecule has 0 bridgehead atoms. The Labute approximate surface area is 164 Å². The van der Waals surface area contributed by atoms with Crippen LogP contribution in [0.4, 0.5) is 0 Å². The number of hydrogen-bond acceptors (Lipinski definition) is 6. The van der Waals surface area contributed by atoms with E-state index in [1.54, 1.807) is 13.8 Å². The van der Waals surface area contributed by atoms with Crippen molar-refractivity contribution in [2.24, 2.45) is 17.8 Å². The normalized spacial score (nSPS) is 32.2. The Balaban J connectivity index is 2.07. The lowest BCUT2D eigenvalue weighted by molar-refractivity contribution is -0.128. The first-order valence-corrected chi connectivity index (χ1v) is 13.0. The van der Waals surface area contributed by atoms with Crippen LogP contribution < -0.4 is 0 Å². The average Bonchev–Trinajstić information content (AvgIpc) is 3.12. The summed E-state index contributed by atoms with van der Waals surface area (Å²) >= 11 is 0. The van der Waals surface area contributed by atoms with Crippen LogP contribution in [0.15, 0.2) is 11.3 Å². The molecule has 0 N–H and O–H groups in total. The van der Waals surface area contributed by atoms with Gasteiger partial charge in [0.15, 0.2) is 0 Å². The van der Waals surface area contributed by atoms with E-state index in [9.17, 15) is 13.6 Å². The van der Waals surface area contributed by atoms with Gasteiger partial charge in [-0.1, -0.05) is 6.92 Å². The van der Waals surface area contributed by atoms with Crippen molar-refractivity contribution in [2.75, 3.05) is 19.0 Å². The molecule has 3 aliphatic carbocycles. The van der Waals surface area contributed by atoms with Gasteiger partial charge in [-0.25, -0.2) is 4.57 Å². The second-order valence-corrected chi connectivity index (χ2v) is 10.8. The molecule has 154 valence electrons. The minimum absolute atomic E-state index is 0.174. The number of rotatable bonds is 8. The number of allylic oxidation sites excluding steroid dienone is 1. The number of carbonyl (C=O) groups is 1. The number of phosphoric acid groups is 1. The van der Waals surface area contributed by atoms with Crippen LogP contribution in [0.3, 0.4) is 0 Å². The molecule has 27 heavy (non-hydrogen) atoms. The van der Waals surface area contributed by atoms with Gasteiger partial charge in [-0.3, -0.25) is 18.1 Å². The third-order valence-corrected chi connectivity index (χ3v) is 9.18. The van der Waals surface area contributed by atoms with E-state index >= 15 is 0 Å². The number of hydrogen-bond donors (Lipinski definition) is 0. The van der Waals surface area contributed by atoms with E-state index in [-0.39, 0.29) is 36.8 Å². The van der Waals surface area contributed by atoms with E-state index in [0.29, 0.717) is 17.9 Å². The fourth-order valence-corrected chi connectivity index (χ4v) is 7.87. The summed E-state index contributed by atoms with van der Waals surface area (Å²) in [7, 11) is -5.07. The van der Waals surface area contributed by atoms with Gasteiger partial charge in [0.05, 0.1) is 13.2 Å². The Morgan fingerprint density at radius 2 is 1.74 bits per heavy atom. The third kappa shape index (κ3) is 4.12. The lowest BCUT2D eigenvalue weighted by Gasteiger charge is -2.44. The van der Waals surface area contributed by atoms with E-state index < -0.39 is 23.9 Å². The van der Waals surface area contributed by atoms with Crippen molar-refractivity contribution in [3.05, 3.63) is 11.3 Å². The summed E-state index contributed by atoms with van der Waals surface area (Å²) in [6, 6.07) is 0. The number of Topliss-reactive ketones (excluding diaryl/α,β-unsaturated/α-hetero) is 1. The molecule has 0 radical (unpaired) electrons. The molecule has 0 spiro atoms. The van der Waals surface area contributed by atoms with E-state index in [0.717, 1.165) is 37.7 Å². The van der Waals surface area contributed by atoms with E-state index in [1.807, 2.05) is 6.92 Å². The zero-order chi connectivity index (χ0) is 19.6. The number of ketones is 1. The van der Waals surface area contributed by atoms with Crippen LogP contribution in [-0.4, -0.2) is 34.2 Å². The molecule has 6 nitrogen and oxygen atoms in total. The zero-order valence-corrected chi connectivity index (χ0v) is 18.2. The van der Waals surface area contributed by atoms with E-state index in [2.05, 4.69) is 0 Å². The first-order chi connectivity index (χ1) is 13.0. The molecule has 3 aliphatic rings. The van der Waals surface area contributed by atoms with Crippen LogP contribution >= 0.6 is 7.82 Å². The van der Waals surface area contributed by atoms with Crippen LogP contribution in [-0.2, 0) is 33.7 Å². The zero-order valence-electron chi connectivity index (χ0n) is 16.5. The maximum atomic E-state index is 13.1. The minimum atomic E-state index is -3.80. The van der Waals surface area contributed by atoms with Crippen molar-refractivity contribution in [1.29, 1.82) is 0 Å². The molecule has 0 saturated heterocycles. The van der Waals surface area contributed by atoms with Crippen molar-refractivity contribution < 1.29 is 27.1 Å². The summed E-state index contributed by atoms with van der Waals surface area (Å²) in [5.41, 5.74) is 1.09. The monoisotopic (exact) mass is 418 g/mol. The predicted octanol–water partition coefficient (Wildman–Crippen LogP) is 4.37. The van der Waals surface area contributed by atoms with Crippen molar-refractivity contribution in [3.63, 3.8) is 0 Å². The lowest BCUT2D eigenvalue weighted by Crippen LogP contribution is -2.48. The molecule has 0 amide bonds. The van der Waals surface area contributed by atoms with E-state index in [4.69, 9.17) is 13.6 Å². The standard InChI is InChI=1S/C19H31O6PS/c1-4-23-26(21,24-5-2)25-18-15-11-7-9-13(15)14-10-8-12-16(20)17(14)19(18)27(22)6-3/h13-14,17,19H,4-12H2,1-3H3/t13-,14?,17?,19?,27?/m1/s1. The van der Waals surface area contributed by atoms with Crippen LogP contribution in [0.25, 0.3) is 0 Å². The molecular weight excluding hydrogens is 387 g/mol. The molecule has 0 aromatic heterocycles. The molecule has 2 fully saturated rings. The molecule has 0 heterocycles. The quantitative estimate of drug-likeness (QED) is 0.545. The first kappa shape index (κ1) is 21.2. The van der Waals surface area contributed by atoms with E-state index in [1.165, 1.54) is 0 Å². The molecule has 5 atom stereocenters. The highest BCUT2D eigenvalue weighted by molar-refractivity contribution is 7.85. The van der Waals surface area contributed by atoms with Crippen molar-refractivity contribution in [3.8, 4) is 0 Å². The summed E-state index contributed by atoms with van der Waals surface area (Å²) in [6.45, 7) is 5.70. The second-order valence-electron chi connectivity index (χ2n) is 7.40. The fraction of sp³-hybridized carbons (Fsp3) is 0.842. The van der Waals surface area contributed by atoms with Gasteiger partial charge in [0.1, 0.15) is 16.8 Å². The van der Waals surface area contributed by atoms with Gasteiger partial charge in [-0.05, 0) is 63.4 Å². The number of fused-ring (bicyclic) bond motifs is 3. The van der Waals surface area contributed by atoms with Crippen molar-refractivity contribution in [1.82, 2.24) is 0 Å². The fourth-order valence-electron chi connectivity index (χ4n) is 5.04. The van der Waals surface area contributed by atoms with Crippen molar-refractivity contribution in [2.45, 2.75) is 64.5 Å². The molecule has 0 aromatic rings. The summed E-state index contributed by atoms with van der Waals surface area (Å²) in [6.07, 6.45) is 5.29. The first-order valence-electron chi connectivity index (χ1n) is 10.2. The van der Waals surface area contributed by atoms with Gasteiger partial charge in [0.25, 0.3) is 0 Å². The second kappa shape index (κ2) is 8.89. The molecule has 0 aromatic carbocycles. The highest BCUT2D eigenvalue weighted by atomic mass is 32.2. The minimum Gasteiger partial charge on any atom is -0.407 e. The molecule has 3 rings (SSSR count). The van der Waals surface area contributed by atoms with Gasteiger partial charge in [0.2, 0.25) is 0 Å². The van der Waals surface area contributed by atoms with Crippen LogP contribution in [0.5, 0.6) is 0 Å². The van der Waals surface area contributed by atoms with Gasteiger partial charge >= 0.3 is 7.82 Å². The Hall–Kier alpha value is -0.490. The summed E-state index contributed by atoms with van der Waals surface area (Å²) < 4.78 is 42.8. The maximum Gasteiger partial charge on any atom is 0.529 e. The SMILES string of the molecule is CCOP(=O)(OCC)OC1=C2CCC[C@@H]2C2CCCC(=O)C2C1S(=O)CC. The molecule has 4 unspecified atom stereocenters. The van der Waals surface area contributed by atoms with Gasteiger partial charge in [0, 0.05) is 28.9 Å². The highest BCUT2D eigenvalue weighted by Crippen LogP contribution is 2.58. The number of carbonyl (C=O) groups excluding carboxylic acids is 1. The van der Waals surface area contributed by atoms with Gasteiger partial charge in [-0.15, -0.1) is 0 Å². The van der Waals surface area contributed by atoms with Crippen molar-refractivity contribution >= 4 is 24.4 Å². The topological polar surface area (TPSA) is 78.9 Å². The smallest absolute Gasteiger partial charge is 0.407 e. The van der Waals surface area contributed by atoms with Gasteiger partial charge < -0.3 is 4.52 Å². The predicted molar refractivity (Wildman–Crippen MR) is 105 cm³/mol.